The minimum atomic E-state index is -0.619. The molecule has 0 bridgehead atoms. The number of hydrogen-bond donors (Lipinski definition) is 1. The van der Waals surface area contributed by atoms with Crippen molar-refractivity contribution < 1.29 is 14.6 Å². The molecular weight excluding hydrogens is 296 g/mol. The summed E-state index contributed by atoms with van der Waals surface area (Å²) in [7, 11) is 0. The van der Waals surface area contributed by atoms with Crippen LogP contribution in [-0.2, 0) is 9.53 Å². The van der Waals surface area contributed by atoms with E-state index in [2.05, 4.69) is 15.9 Å². The van der Waals surface area contributed by atoms with Crippen molar-refractivity contribution in [3.05, 3.63) is 45.6 Å². The van der Waals surface area contributed by atoms with Crippen LogP contribution in [0.1, 0.15) is 32.4 Å². The number of benzene rings is 1. The molecule has 0 saturated heterocycles. The summed E-state index contributed by atoms with van der Waals surface area (Å²) in [6.45, 7) is 5.31. The van der Waals surface area contributed by atoms with E-state index in [0.29, 0.717) is 0 Å². The first-order chi connectivity index (χ1) is 8.34. The molecule has 0 unspecified atom stereocenters. The van der Waals surface area contributed by atoms with E-state index in [1.54, 1.807) is 6.92 Å². The van der Waals surface area contributed by atoms with Gasteiger partial charge >= 0.3 is 5.97 Å². The van der Waals surface area contributed by atoms with Gasteiger partial charge in [-0.25, -0.2) is 4.79 Å². The lowest BCUT2D eigenvalue weighted by Crippen LogP contribution is -2.35. The lowest BCUT2D eigenvalue weighted by Gasteiger charge is -2.37. The van der Waals surface area contributed by atoms with Crippen molar-refractivity contribution in [1.29, 1.82) is 0 Å². The van der Waals surface area contributed by atoms with Gasteiger partial charge in [-0.3, -0.25) is 0 Å². The van der Waals surface area contributed by atoms with E-state index in [9.17, 15) is 9.90 Å². The van der Waals surface area contributed by atoms with Crippen LogP contribution in [0.4, 0.5) is 0 Å². The Labute approximate surface area is 115 Å². The van der Waals surface area contributed by atoms with Crippen LogP contribution in [0.5, 0.6) is 0 Å². The van der Waals surface area contributed by atoms with Gasteiger partial charge in [-0.2, -0.15) is 0 Å². The van der Waals surface area contributed by atoms with E-state index in [1.165, 1.54) is 0 Å². The van der Waals surface area contributed by atoms with Gasteiger partial charge in [0.05, 0.1) is 11.0 Å². The van der Waals surface area contributed by atoms with Crippen LogP contribution in [0.2, 0.25) is 0 Å². The number of aliphatic hydroxyl groups excluding tert-OH is 1. The van der Waals surface area contributed by atoms with Gasteiger partial charge in [0.25, 0.3) is 0 Å². The third-order valence-electron chi connectivity index (χ3n) is 3.32. The molecule has 3 nitrogen and oxygen atoms in total. The van der Waals surface area contributed by atoms with Crippen molar-refractivity contribution in [3.63, 3.8) is 0 Å². The zero-order valence-electron chi connectivity index (χ0n) is 10.5. The van der Waals surface area contributed by atoms with E-state index in [1.807, 2.05) is 38.1 Å². The molecule has 1 atom stereocenters. The molecule has 18 heavy (non-hydrogen) atoms. The Morgan fingerprint density at radius 1 is 1.28 bits per heavy atom. The Morgan fingerprint density at radius 2 is 1.83 bits per heavy atom. The fourth-order valence-corrected chi connectivity index (χ4v) is 2.43. The van der Waals surface area contributed by atoms with Gasteiger partial charge in [-0.1, -0.05) is 28.1 Å². The molecule has 1 aromatic carbocycles. The second-order valence-electron chi connectivity index (χ2n) is 5.03. The molecule has 4 heteroatoms. The minimum absolute atomic E-state index is 0.103. The normalized spacial score (nSPS) is 22.9. The van der Waals surface area contributed by atoms with Crippen LogP contribution in [-0.4, -0.2) is 11.1 Å². The summed E-state index contributed by atoms with van der Waals surface area (Å²) in [6.07, 6.45) is -0.471. The first-order valence-corrected chi connectivity index (χ1v) is 6.50. The number of rotatable bonds is 1. The maximum absolute atomic E-state index is 11.7. The maximum Gasteiger partial charge on any atom is 0.337 e. The van der Waals surface area contributed by atoms with Gasteiger partial charge in [0, 0.05) is 4.47 Å². The fraction of sp³-hybridized carbons (Fsp3) is 0.357. The van der Waals surface area contributed by atoms with Crippen LogP contribution < -0.4 is 0 Å². The van der Waals surface area contributed by atoms with Crippen LogP contribution in [0, 0.1) is 5.41 Å². The van der Waals surface area contributed by atoms with E-state index in [0.717, 1.165) is 10.0 Å². The average molecular weight is 311 g/mol. The number of carbonyl (C=O) groups excluding carboxylic acids is 1. The second kappa shape index (κ2) is 4.43. The maximum atomic E-state index is 11.7. The average Bonchev–Trinajstić information content (AvgIpc) is 2.33. The van der Waals surface area contributed by atoms with Gasteiger partial charge < -0.3 is 9.84 Å². The van der Waals surface area contributed by atoms with Crippen LogP contribution in [0.25, 0.3) is 0 Å². The molecular formula is C14H15BrO3. The lowest BCUT2D eigenvalue weighted by atomic mass is 9.77. The molecule has 2 rings (SSSR count). The standard InChI is InChI=1S/C14H15BrO3/c1-8-11(16)14(2,3)12(18-13(8)17)9-4-6-10(15)7-5-9/h4-7,12,16H,1-3H3/t12-/m0/s1. The van der Waals surface area contributed by atoms with Crippen LogP contribution in [0.15, 0.2) is 40.1 Å². The highest BCUT2D eigenvalue weighted by molar-refractivity contribution is 9.10. The summed E-state index contributed by atoms with van der Waals surface area (Å²) >= 11 is 3.36. The van der Waals surface area contributed by atoms with Crippen molar-refractivity contribution >= 4 is 21.9 Å². The van der Waals surface area contributed by atoms with Crippen molar-refractivity contribution in [2.24, 2.45) is 5.41 Å². The number of aliphatic hydroxyl groups is 1. The minimum Gasteiger partial charge on any atom is -0.511 e. The van der Waals surface area contributed by atoms with Crippen molar-refractivity contribution in [2.45, 2.75) is 26.9 Å². The molecule has 0 spiro atoms. The van der Waals surface area contributed by atoms with Gasteiger partial charge in [0.2, 0.25) is 0 Å². The Bertz CT molecular complexity index is 514. The Hall–Kier alpha value is -1.29. The molecule has 0 fully saturated rings. The quantitative estimate of drug-likeness (QED) is 0.800. The topological polar surface area (TPSA) is 46.5 Å². The number of esters is 1. The van der Waals surface area contributed by atoms with E-state index >= 15 is 0 Å². The highest BCUT2D eigenvalue weighted by Crippen LogP contribution is 2.46. The van der Waals surface area contributed by atoms with Gasteiger partial charge in [-0.05, 0) is 38.5 Å². The summed E-state index contributed by atoms with van der Waals surface area (Å²) in [5.74, 6) is -0.355. The van der Waals surface area contributed by atoms with Crippen LogP contribution >= 0.6 is 15.9 Å². The number of cyclic esters (lactones) is 1. The van der Waals surface area contributed by atoms with Gasteiger partial charge in [0.1, 0.15) is 11.9 Å². The van der Waals surface area contributed by atoms with Crippen molar-refractivity contribution in [2.75, 3.05) is 0 Å². The van der Waals surface area contributed by atoms with Crippen molar-refractivity contribution in [1.82, 2.24) is 0 Å². The number of hydrogen-bond acceptors (Lipinski definition) is 3. The summed E-state index contributed by atoms with van der Waals surface area (Å²) in [6, 6.07) is 7.55. The predicted molar refractivity (Wildman–Crippen MR) is 72.1 cm³/mol. The zero-order valence-corrected chi connectivity index (χ0v) is 12.1. The Balaban J connectivity index is 2.47. The highest BCUT2D eigenvalue weighted by Gasteiger charge is 2.43. The summed E-state index contributed by atoms with van der Waals surface area (Å²) < 4.78 is 6.40. The first-order valence-electron chi connectivity index (χ1n) is 5.71. The largest absolute Gasteiger partial charge is 0.511 e. The molecule has 0 aliphatic carbocycles. The third kappa shape index (κ3) is 2.05. The predicted octanol–water partition coefficient (Wildman–Crippen LogP) is 3.91. The summed E-state index contributed by atoms with van der Waals surface area (Å²) in [5, 5.41) is 10.1. The Morgan fingerprint density at radius 3 is 2.39 bits per heavy atom. The summed E-state index contributed by atoms with van der Waals surface area (Å²) in [5.41, 5.74) is 0.537. The second-order valence-corrected chi connectivity index (χ2v) is 5.95. The van der Waals surface area contributed by atoms with E-state index < -0.39 is 17.5 Å². The Kier molecular flexibility index (Phi) is 3.23. The monoisotopic (exact) mass is 310 g/mol. The highest BCUT2D eigenvalue weighted by atomic mass is 79.9. The molecule has 0 aromatic heterocycles. The molecule has 1 N–H and O–H groups in total. The fourth-order valence-electron chi connectivity index (χ4n) is 2.17. The molecule has 0 amide bonds. The molecule has 0 radical (unpaired) electrons. The third-order valence-corrected chi connectivity index (χ3v) is 3.85. The van der Waals surface area contributed by atoms with E-state index in [4.69, 9.17) is 4.74 Å². The molecule has 0 saturated carbocycles. The number of ether oxygens (including phenoxy) is 1. The summed E-state index contributed by atoms with van der Waals surface area (Å²) in [4.78, 5) is 11.7. The molecule has 1 aromatic rings. The SMILES string of the molecule is CC1=C(O)C(C)(C)[C@H](c2ccc(Br)cc2)OC1=O. The van der Waals surface area contributed by atoms with Gasteiger partial charge in [0.15, 0.2) is 0 Å². The van der Waals surface area contributed by atoms with Gasteiger partial charge in [-0.15, -0.1) is 0 Å². The van der Waals surface area contributed by atoms with Crippen molar-refractivity contribution in [3.8, 4) is 0 Å². The molecule has 1 heterocycles. The number of carbonyl (C=O) groups is 1. The molecule has 1 aliphatic heterocycles. The smallest absolute Gasteiger partial charge is 0.337 e. The number of halogens is 1. The molecule has 96 valence electrons. The molecule has 1 aliphatic rings. The lowest BCUT2D eigenvalue weighted by molar-refractivity contribution is -0.155. The van der Waals surface area contributed by atoms with Crippen LogP contribution in [0.3, 0.4) is 0 Å². The first kappa shape index (κ1) is 13.1. The van der Waals surface area contributed by atoms with E-state index in [-0.39, 0.29) is 11.3 Å². The zero-order chi connectivity index (χ0) is 13.5.